The van der Waals surface area contributed by atoms with Gasteiger partial charge in [0.15, 0.2) is 11.6 Å². The number of aliphatic imine (C=N–C) groups is 1. The summed E-state index contributed by atoms with van der Waals surface area (Å²) in [5.74, 6) is 1.01. The van der Waals surface area contributed by atoms with E-state index in [2.05, 4.69) is 26.7 Å². The maximum atomic E-state index is 6.29. The molecular formula is C26H20ClN5. The summed E-state index contributed by atoms with van der Waals surface area (Å²) >= 11 is 6.29. The molecule has 2 heterocycles. The number of nitrogens with zero attached hydrogens (tertiary/aromatic N) is 5. The van der Waals surface area contributed by atoms with Crippen LogP contribution in [0, 0.1) is 0 Å². The highest BCUT2D eigenvalue weighted by Crippen LogP contribution is 2.27. The molecule has 0 saturated heterocycles. The zero-order valence-electron chi connectivity index (χ0n) is 17.5. The summed E-state index contributed by atoms with van der Waals surface area (Å²) in [5.41, 5.74) is 5.63. The van der Waals surface area contributed by atoms with Crippen molar-refractivity contribution < 1.29 is 0 Å². The average Bonchev–Trinajstić information content (AvgIpc) is 2.84. The van der Waals surface area contributed by atoms with E-state index in [0.717, 1.165) is 33.4 Å². The third kappa shape index (κ3) is 4.85. The molecule has 32 heavy (non-hydrogen) atoms. The predicted octanol–water partition coefficient (Wildman–Crippen LogP) is 6.54. The third-order valence-electron chi connectivity index (χ3n) is 4.75. The SMILES string of the molecule is C=N/C=C(\C=C/C)c1cccc(-c2nc(Cl)nc(-c3cccc(-c4cccnc4)c3)n2)c1. The molecule has 0 aliphatic heterocycles. The molecule has 0 fully saturated rings. The second kappa shape index (κ2) is 9.90. The lowest BCUT2D eigenvalue weighted by Gasteiger charge is -2.08. The number of benzene rings is 2. The zero-order valence-corrected chi connectivity index (χ0v) is 18.2. The minimum Gasteiger partial charge on any atom is -0.272 e. The first-order valence-corrected chi connectivity index (χ1v) is 10.4. The smallest absolute Gasteiger partial charge is 0.226 e. The van der Waals surface area contributed by atoms with Crippen molar-refractivity contribution in [1.29, 1.82) is 0 Å². The molecule has 0 aliphatic rings. The zero-order chi connectivity index (χ0) is 22.3. The van der Waals surface area contributed by atoms with Gasteiger partial charge in [-0.2, -0.15) is 9.97 Å². The molecule has 0 aliphatic carbocycles. The fourth-order valence-corrected chi connectivity index (χ4v) is 3.47. The topological polar surface area (TPSA) is 63.9 Å². The molecule has 4 rings (SSSR count). The minimum atomic E-state index is 0.138. The van der Waals surface area contributed by atoms with E-state index in [1.807, 2.05) is 85.9 Å². The van der Waals surface area contributed by atoms with E-state index in [9.17, 15) is 0 Å². The monoisotopic (exact) mass is 437 g/mol. The van der Waals surface area contributed by atoms with Gasteiger partial charge in [0, 0.05) is 35.3 Å². The molecule has 0 radical (unpaired) electrons. The van der Waals surface area contributed by atoms with Crippen molar-refractivity contribution in [2.45, 2.75) is 6.92 Å². The Hall–Kier alpha value is -3.96. The van der Waals surface area contributed by atoms with Crippen molar-refractivity contribution in [3.8, 4) is 33.9 Å². The third-order valence-corrected chi connectivity index (χ3v) is 4.92. The molecule has 0 unspecified atom stereocenters. The normalized spacial score (nSPS) is 11.6. The summed E-state index contributed by atoms with van der Waals surface area (Å²) in [6, 6.07) is 19.8. The Kier molecular flexibility index (Phi) is 6.58. The van der Waals surface area contributed by atoms with Crippen molar-refractivity contribution in [3.63, 3.8) is 0 Å². The number of rotatable bonds is 6. The van der Waals surface area contributed by atoms with Crippen molar-refractivity contribution in [2.75, 3.05) is 0 Å². The fourth-order valence-electron chi connectivity index (χ4n) is 3.31. The molecular weight excluding hydrogens is 418 g/mol. The Morgan fingerprint density at radius 2 is 1.56 bits per heavy atom. The van der Waals surface area contributed by atoms with E-state index < -0.39 is 0 Å². The van der Waals surface area contributed by atoms with Crippen molar-refractivity contribution in [3.05, 3.63) is 102 Å². The molecule has 2 aromatic carbocycles. The lowest BCUT2D eigenvalue weighted by Crippen LogP contribution is -1.98. The molecule has 5 nitrogen and oxygen atoms in total. The van der Waals surface area contributed by atoms with Gasteiger partial charge in [0.2, 0.25) is 5.28 Å². The van der Waals surface area contributed by atoms with Gasteiger partial charge >= 0.3 is 0 Å². The van der Waals surface area contributed by atoms with Crippen LogP contribution in [-0.2, 0) is 0 Å². The van der Waals surface area contributed by atoms with E-state index in [4.69, 9.17) is 16.6 Å². The van der Waals surface area contributed by atoms with Crippen LogP contribution < -0.4 is 0 Å². The fraction of sp³-hybridized carbons (Fsp3) is 0.0385. The Labute approximate surface area is 191 Å². The van der Waals surface area contributed by atoms with Crippen molar-refractivity contribution in [1.82, 2.24) is 19.9 Å². The standard InChI is InChI=1S/C26H20ClN5/c1-3-7-22(16-28-2)18-8-4-10-20(14-18)24-30-25(32-26(27)31-24)21-11-5-9-19(15-21)23-12-6-13-29-17-23/h3-17H,2H2,1H3/b7-3-,22-16+. The Morgan fingerprint density at radius 3 is 2.25 bits per heavy atom. The minimum absolute atomic E-state index is 0.138. The first-order chi connectivity index (χ1) is 15.7. The van der Waals surface area contributed by atoms with Gasteiger partial charge in [-0.25, -0.2) is 4.98 Å². The molecule has 6 heteroatoms. The molecule has 0 saturated carbocycles. The summed E-state index contributed by atoms with van der Waals surface area (Å²) in [5, 5.41) is 0.138. The summed E-state index contributed by atoms with van der Waals surface area (Å²) in [7, 11) is 0. The lowest BCUT2D eigenvalue weighted by atomic mass is 10.0. The van der Waals surface area contributed by atoms with Gasteiger partial charge in [-0.3, -0.25) is 9.98 Å². The van der Waals surface area contributed by atoms with E-state index >= 15 is 0 Å². The maximum absolute atomic E-state index is 6.29. The van der Waals surface area contributed by atoms with Gasteiger partial charge in [0.1, 0.15) is 0 Å². The van der Waals surface area contributed by atoms with Crippen LogP contribution in [0.5, 0.6) is 0 Å². The Morgan fingerprint density at radius 1 is 0.875 bits per heavy atom. The Bertz CT molecular complexity index is 1310. The van der Waals surface area contributed by atoms with Gasteiger partial charge in [-0.1, -0.05) is 54.6 Å². The van der Waals surface area contributed by atoms with Crippen LogP contribution in [0.3, 0.4) is 0 Å². The van der Waals surface area contributed by atoms with Crippen LogP contribution in [0.15, 0.2) is 96.4 Å². The molecule has 156 valence electrons. The van der Waals surface area contributed by atoms with Crippen LogP contribution in [0.1, 0.15) is 12.5 Å². The first-order valence-electron chi connectivity index (χ1n) is 10.00. The van der Waals surface area contributed by atoms with Gasteiger partial charge < -0.3 is 0 Å². The number of allylic oxidation sites excluding steroid dienone is 3. The van der Waals surface area contributed by atoms with Crippen LogP contribution in [0.25, 0.3) is 39.5 Å². The number of aromatic nitrogens is 4. The van der Waals surface area contributed by atoms with E-state index in [1.165, 1.54) is 0 Å². The highest BCUT2D eigenvalue weighted by atomic mass is 35.5. The molecule has 4 aromatic rings. The predicted molar refractivity (Wildman–Crippen MR) is 131 cm³/mol. The van der Waals surface area contributed by atoms with Crippen LogP contribution in [-0.4, -0.2) is 26.7 Å². The molecule has 0 amide bonds. The number of hydrogen-bond donors (Lipinski definition) is 0. The highest BCUT2D eigenvalue weighted by molar-refractivity contribution is 6.28. The number of halogens is 1. The van der Waals surface area contributed by atoms with Gasteiger partial charge in [-0.15, -0.1) is 0 Å². The van der Waals surface area contributed by atoms with Crippen molar-refractivity contribution >= 4 is 23.9 Å². The summed E-state index contributed by atoms with van der Waals surface area (Å²) in [6.07, 6.45) is 9.22. The first kappa shape index (κ1) is 21.3. The quantitative estimate of drug-likeness (QED) is 0.254. The highest BCUT2D eigenvalue weighted by Gasteiger charge is 2.11. The number of hydrogen-bond acceptors (Lipinski definition) is 5. The average molecular weight is 438 g/mol. The van der Waals surface area contributed by atoms with E-state index in [1.54, 1.807) is 12.4 Å². The Balaban J connectivity index is 1.76. The van der Waals surface area contributed by atoms with E-state index in [-0.39, 0.29) is 5.28 Å². The summed E-state index contributed by atoms with van der Waals surface area (Å²) in [4.78, 5) is 21.5. The second-order valence-electron chi connectivity index (χ2n) is 6.92. The lowest BCUT2D eigenvalue weighted by molar-refractivity contribution is 1.07. The largest absolute Gasteiger partial charge is 0.272 e. The molecule has 0 N–H and O–H groups in total. The van der Waals surface area contributed by atoms with E-state index in [0.29, 0.717) is 11.6 Å². The summed E-state index contributed by atoms with van der Waals surface area (Å²) < 4.78 is 0. The van der Waals surface area contributed by atoms with Crippen LogP contribution >= 0.6 is 11.6 Å². The molecule has 0 spiro atoms. The maximum Gasteiger partial charge on any atom is 0.226 e. The second-order valence-corrected chi connectivity index (χ2v) is 7.26. The van der Waals surface area contributed by atoms with Crippen LogP contribution in [0.2, 0.25) is 5.28 Å². The molecule has 2 aromatic heterocycles. The van der Waals surface area contributed by atoms with Gasteiger partial charge in [0.05, 0.1) is 0 Å². The molecule has 0 atom stereocenters. The molecule has 0 bridgehead atoms. The van der Waals surface area contributed by atoms with Crippen molar-refractivity contribution in [2.24, 2.45) is 4.99 Å². The van der Waals surface area contributed by atoms with Gasteiger partial charge in [-0.05, 0) is 60.1 Å². The van der Waals surface area contributed by atoms with Gasteiger partial charge in [0.25, 0.3) is 0 Å². The van der Waals surface area contributed by atoms with Crippen LogP contribution in [0.4, 0.5) is 0 Å². The summed E-state index contributed by atoms with van der Waals surface area (Å²) in [6.45, 7) is 5.52. The number of pyridine rings is 1.